The van der Waals surface area contributed by atoms with Crippen LogP contribution in [0.25, 0.3) is 0 Å². The summed E-state index contributed by atoms with van der Waals surface area (Å²) in [6.45, 7) is 15.9. The molecule has 0 radical (unpaired) electrons. The van der Waals surface area contributed by atoms with E-state index in [9.17, 15) is 9.59 Å². The van der Waals surface area contributed by atoms with E-state index in [1.807, 2.05) is 26.8 Å². The summed E-state index contributed by atoms with van der Waals surface area (Å²) in [7, 11) is -1.17. The van der Waals surface area contributed by atoms with Gasteiger partial charge in [-0.2, -0.15) is 0 Å². The molecule has 0 saturated heterocycles. The summed E-state index contributed by atoms with van der Waals surface area (Å²) in [6.07, 6.45) is 5.37. The summed E-state index contributed by atoms with van der Waals surface area (Å²) < 4.78 is 13.4. The first-order valence-corrected chi connectivity index (χ1v) is 14.4. The summed E-state index contributed by atoms with van der Waals surface area (Å²) in [5.74, 6) is -0.842. The SMILES string of the molecule is CCOC(=O)C(/C=C/C(C)(C)C)NC(=O)c1cc(Br)cn1COCC[Si](C)(C)C. The zero-order valence-corrected chi connectivity index (χ0v) is 21.3. The number of carbonyl (C=O) groups is 2. The molecule has 8 heteroatoms. The predicted molar refractivity (Wildman–Crippen MR) is 123 cm³/mol. The molecule has 1 N–H and O–H groups in total. The van der Waals surface area contributed by atoms with E-state index in [1.54, 1.807) is 29.8 Å². The first-order chi connectivity index (χ1) is 13.3. The topological polar surface area (TPSA) is 69.6 Å². The number of esters is 1. The molecular weight excluding hydrogens is 452 g/mol. The lowest BCUT2D eigenvalue weighted by molar-refractivity contribution is -0.144. The van der Waals surface area contributed by atoms with Gasteiger partial charge >= 0.3 is 5.97 Å². The zero-order chi connectivity index (χ0) is 22.2. The average molecular weight is 488 g/mol. The molecule has 0 bridgehead atoms. The zero-order valence-electron chi connectivity index (χ0n) is 18.7. The maximum atomic E-state index is 12.9. The Kier molecular flexibility index (Phi) is 9.84. The number of allylic oxidation sites excluding steroid dienone is 1. The van der Waals surface area contributed by atoms with Crippen LogP contribution in [0.2, 0.25) is 25.7 Å². The fourth-order valence-electron chi connectivity index (χ4n) is 2.33. The van der Waals surface area contributed by atoms with Crippen molar-refractivity contribution in [3.8, 4) is 0 Å². The summed E-state index contributed by atoms with van der Waals surface area (Å²) in [5.41, 5.74) is 0.298. The fourth-order valence-corrected chi connectivity index (χ4v) is 3.55. The van der Waals surface area contributed by atoms with Crippen molar-refractivity contribution in [3.05, 3.63) is 34.6 Å². The van der Waals surface area contributed by atoms with Crippen LogP contribution in [0.15, 0.2) is 28.9 Å². The molecule has 0 fully saturated rings. The van der Waals surface area contributed by atoms with E-state index in [4.69, 9.17) is 9.47 Å². The van der Waals surface area contributed by atoms with Crippen LogP contribution in [0.3, 0.4) is 0 Å². The van der Waals surface area contributed by atoms with Gasteiger partial charge in [0.05, 0.1) is 6.61 Å². The molecule has 1 unspecified atom stereocenters. The van der Waals surface area contributed by atoms with Gasteiger partial charge in [-0.3, -0.25) is 4.79 Å². The van der Waals surface area contributed by atoms with Crippen LogP contribution in [0.5, 0.6) is 0 Å². The number of carbonyl (C=O) groups excluding carboxylic acids is 2. The minimum Gasteiger partial charge on any atom is -0.464 e. The van der Waals surface area contributed by atoms with Crippen molar-refractivity contribution in [1.82, 2.24) is 9.88 Å². The van der Waals surface area contributed by atoms with Gasteiger partial charge in [0.15, 0.2) is 0 Å². The Balaban J connectivity index is 2.89. The number of halogens is 1. The molecule has 0 aliphatic carbocycles. The fraction of sp³-hybridized carbons (Fsp3) is 0.619. The van der Waals surface area contributed by atoms with E-state index in [2.05, 4.69) is 40.9 Å². The van der Waals surface area contributed by atoms with Crippen LogP contribution < -0.4 is 5.32 Å². The molecule has 1 atom stereocenters. The van der Waals surface area contributed by atoms with Crippen LogP contribution in [0.4, 0.5) is 0 Å². The molecule has 6 nitrogen and oxygen atoms in total. The summed E-state index contributed by atoms with van der Waals surface area (Å²) in [5, 5.41) is 2.77. The smallest absolute Gasteiger partial charge is 0.332 e. The third kappa shape index (κ3) is 10.3. The van der Waals surface area contributed by atoms with Crippen LogP contribution in [-0.4, -0.2) is 43.8 Å². The lowest BCUT2D eigenvalue weighted by Gasteiger charge is -2.18. The highest BCUT2D eigenvalue weighted by Gasteiger charge is 2.23. The third-order valence-corrected chi connectivity index (χ3v) is 6.08. The van der Waals surface area contributed by atoms with Gasteiger partial charge in [0, 0.05) is 25.4 Å². The Morgan fingerprint density at radius 2 is 1.97 bits per heavy atom. The van der Waals surface area contributed by atoms with E-state index in [1.165, 1.54) is 0 Å². The van der Waals surface area contributed by atoms with E-state index < -0.39 is 20.1 Å². The van der Waals surface area contributed by atoms with Crippen molar-refractivity contribution in [2.24, 2.45) is 5.41 Å². The van der Waals surface area contributed by atoms with Crippen molar-refractivity contribution >= 4 is 35.9 Å². The molecule has 1 aromatic rings. The van der Waals surface area contributed by atoms with E-state index in [0.29, 0.717) is 12.3 Å². The Morgan fingerprint density at radius 1 is 1.31 bits per heavy atom. The van der Waals surface area contributed by atoms with Gasteiger partial charge < -0.3 is 19.4 Å². The monoisotopic (exact) mass is 486 g/mol. The van der Waals surface area contributed by atoms with Gasteiger partial charge in [0.2, 0.25) is 0 Å². The maximum Gasteiger partial charge on any atom is 0.332 e. The van der Waals surface area contributed by atoms with Crippen molar-refractivity contribution in [1.29, 1.82) is 0 Å². The molecule has 0 spiro atoms. The number of hydrogen-bond acceptors (Lipinski definition) is 4. The first-order valence-electron chi connectivity index (χ1n) is 9.92. The number of nitrogens with zero attached hydrogens (tertiary/aromatic N) is 1. The standard InChI is InChI=1S/C21H35BrN2O4Si/c1-8-28-20(26)17(9-10-21(2,3)4)23-19(25)18-13-16(22)14-24(18)15-27-11-12-29(5,6)7/h9-10,13-14,17H,8,11-12,15H2,1-7H3,(H,23,25)/b10-9+. The second-order valence-electron chi connectivity index (χ2n) is 9.29. The van der Waals surface area contributed by atoms with Gasteiger partial charge in [0.25, 0.3) is 5.91 Å². The number of rotatable bonds is 10. The minimum absolute atomic E-state index is 0.122. The third-order valence-electron chi connectivity index (χ3n) is 3.94. The Labute approximate surface area is 184 Å². The minimum atomic E-state index is -1.17. The molecule has 164 valence electrons. The van der Waals surface area contributed by atoms with E-state index >= 15 is 0 Å². The lowest BCUT2D eigenvalue weighted by atomic mass is 9.95. The van der Waals surface area contributed by atoms with Crippen LogP contribution >= 0.6 is 15.9 Å². The lowest BCUT2D eigenvalue weighted by Crippen LogP contribution is -2.41. The molecule has 1 aromatic heterocycles. The number of amides is 1. The molecule has 29 heavy (non-hydrogen) atoms. The number of ether oxygens (including phenoxy) is 2. The van der Waals surface area contributed by atoms with E-state index in [-0.39, 0.29) is 24.7 Å². The summed E-state index contributed by atoms with van der Waals surface area (Å²) in [6, 6.07) is 1.92. The molecule has 1 heterocycles. The predicted octanol–water partition coefficient (Wildman–Crippen LogP) is 4.83. The van der Waals surface area contributed by atoms with Gasteiger partial charge in [0.1, 0.15) is 18.5 Å². The van der Waals surface area contributed by atoms with Gasteiger partial charge in [-0.05, 0) is 40.4 Å². The second-order valence-corrected chi connectivity index (χ2v) is 15.8. The highest BCUT2D eigenvalue weighted by molar-refractivity contribution is 9.10. The van der Waals surface area contributed by atoms with Crippen LogP contribution in [-0.2, 0) is 21.0 Å². The van der Waals surface area contributed by atoms with Crippen molar-refractivity contribution < 1.29 is 19.1 Å². The van der Waals surface area contributed by atoms with Crippen molar-refractivity contribution in [2.75, 3.05) is 13.2 Å². The molecule has 0 aromatic carbocycles. The number of nitrogens with one attached hydrogen (secondary N) is 1. The molecular formula is C21H35BrN2O4Si. The Morgan fingerprint density at radius 3 is 2.52 bits per heavy atom. The highest BCUT2D eigenvalue weighted by Crippen LogP contribution is 2.17. The summed E-state index contributed by atoms with van der Waals surface area (Å²) >= 11 is 3.41. The van der Waals surface area contributed by atoms with Gasteiger partial charge in [-0.15, -0.1) is 0 Å². The first kappa shape index (κ1) is 25.7. The molecule has 0 aliphatic heterocycles. The van der Waals surface area contributed by atoms with Crippen molar-refractivity contribution in [2.45, 2.75) is 66.2 Å². The van der Waals surface area contributed by atoms with Crippen LogP contribution in [0, 0.1) is 5.41 Å². The highest BCUT2D eigenvalue weighted by atomic mass is 79.9. The Hall–Kier alpha value is -1.38. The van der Waals surface area contributed by atoms with E-state index in [0.717, 1.165) is 10.5 Å². The number of aromatic nitrogens is 1. The number of hydrogen-bond donors (Lipinski definition) is 1. The second kappa shape index (κ2) is 11.1. The Bertz CT molecular complexity index is 717. The normalized spacial score (nSPS) is 13.5. The maximum absolute atomic E-state index is 12.9. The molecule has 0 saturated carbocycles. The van der Waals surface area contributed by atoms with Crippen LogP contribution in [0.1, 0.15) is 38.2 Å². The summed E-state index contributed by atoms with van der Waals surface area (Å²) in [4.78, 5) is 25.2. The molecule has 1 rings (SSSR count). The van der Waals surface area contributed by atoms with Gasteiger partial charge in [-0.1, -0.05) is 52.6 Å². The molecule has 0 aliphatic rings. The quantitative estimate of drug-likeness (QED) is 0.222. The van der Waals surface area contributed by atoms with Crippen molar-refractivity contribution in [3.63, 3.8) is 0 Å². The largest absolute Gasteiger partial charge is 0.464 e. The average Bonchev–Trinajstić information content (AvgIpc) is 2.94. The molecule has 1 amide bonds. The van der Waals surface area contributed by atoms with Gasteiger partial charge in [-0.25, -0.2) is 4.79 Å².